The zero-order valence-corrected chi connectivity index (χ0v) is 15.9. The van der Waals surface area contributed by atoms with E-state index >= 15 is 0 Å². The number of rotatable bonds is 7. The second-order valence-electron chi connectivity index (χ2n) is 6.50. The summed E-state index contributed by atoms with van der Waals surface area (Å²) in [7, 11) is -3.59. The highest BCUT2D eigenvalue weighted by atomic mass is 32.2. The molecule has 1 aliphatic heterocycles. The van der Waals surface area contributed by atoms with Crippen molar-refractivity contribution in [2.75, 3.05) is 32.8 Å². The third-order valence-electron chi connectivity index (χ3n) is 4.69. The van der Waals surface area contributed by atoms with Gasteiger partial charge < -0.3 is 4.74 Å². The topological polar surface area (TPSA) is 58.6 Å². The standard InChI is InChI=1S/C20H26N2O3S/c1-2-17-8-10-19(11-9-17)26(23,24)21-20(18-6-4-3-5-7-18)16-22-12-14-25-15-13-22/h3-11,20-21H,2,12-16H2,1H3/t20-/m0/s1. The molecule has 0 amide bonds. The zero-order valence-electron chi connectivity index (χ0n) is 15.1. The van der Waals surface area contributed by atoms with Gasteiger partial charge in [0, 0.05) is 19.6 Å². The van der Waals surface area contributed by atoms with Gasteiger partial charge in [-0.15, -0.1) is 0 Å². The molecule has 1 aliphatic rings. The first kappa shape index (κ1) is 19.0. The van der Waals surface area contributed by atoms with Gasteiger partial charge in [-0.2, -0.15) is 0 Å². The van der Waals surface area contributed by atoms with Crippen molar-refractivity contribution in [1.29, 1.82) is 0 Å². The van der Waals surface area contributed by atoms with Gasteiger partial charge in [0.25, 0.3) is 0 Å². The first-order chi connectivity index (χ1) is 12.6. The van der Waals surface area contributed by atoms with Crippen LogP contribution in [0.3, 0.4) is 0 Å². The molecule has 1 N–H and O–H groups in total. The summed E-state index contributed by atoms with van der Waals surface area (Å²) in [5.74, 6) is 0. The van der Waals surface area contributed by atoms with Crippen LogP contribution in [0.25, 0.3) is 0 Å². The number of sulfonamides is 1. The number of hydrogen-bond acceptors (Lipinski definition) is 4. The summed E-state index contributed by atoms with van der Waals surface area (Å²) in [6.07, 6.45) is 0.886. The Hall–Kier alpha value is -1.73. The molecule has 1 atom stereocenters. The lowest BCUT2D eigenvalue weighted by Crippen LogP contribution is -2.43. The number of benzene rings is 2. The molecule has 0 aliphatic carbocycles. The average Bonchev–Trinajstić information content (AvgIpc) is 2.69. The highest BCUT2D eigenvalue weighted by Crippen LogP contribution is 2.20. The quantitative estimate of drug-likeness (QED) is 0.809. The third-order valence-corrected chi connectivity index (χ3v) is 6.17. The van der Waals surface area contributed by atoms with Crippen molar-refractivity contribution in [3.63, 3.8) is 0 Å². The molecule has 2 aromatic rings. The zero-order chi connectivity index (χ0) is 18.4. The highest BCUT2D eigenvalue weighted by Gasteiger charge is 2.24. The molecule has 0 spiro atoms. The Morgan fingerprint density at radius 1 is 1.04 bits per heavy atom. The van der Waals surface area contributed by atoms with Crippen LogP contribution >= 0.6 is 0 Å². The first-order valence-corrected chi connectivity index (χ1v) is 10.5. The van der Waals surface area contributed by atoms with E-state index < -0.39 is 10.0 Å². The van der Waals surface area contributed by atoms with Crippen molar-refractivity contribution >= 4 is 10.0 Å². The lowest BCUT2D eigenvalue weighted by Gasteiger charge is -2.31. The van der Waals surface area contributed by atoms with Crippen LogP contribution in [0.4, 0.5) is 0 Å². The normalized spacial score (nSPS) is 17.1. The molecule has 1 heterocycles. The molecule has 0 bridgehead atoms. The van der Waals surface area contributed by atoms with Crippen LogP contribution in [0.15, 0.2) is 59.5 Å². The molecule has 0 radical (unpaired) electrons. The molecule has 6 heteroatoms. The smallest absolute Gasteiger partial charge is 0.241 e. The van der Waals surface area contributed by atoms with Gasteiger partial charge in [-0.25, -0.2) is 13.1 Å². The summed E-state index contributed by atoms with van der Waals surface area (Å²) in [4.78, 5) is 2.54. The maximum Gasteiger partial charge on any atom is 0.241 e. The average molecular weight is 375 g/mol. The molecule has 3 rings (SSSR count). The van der Waals surface area contributed by atoms with Crippen LogP contribution in [0, 0.1) is 0 Å². The van der Waals surface area contributed by atoms with E-state index in [0.717, 1.165) is 30.6 Å². The summed E-state index contributed by atoms with van der Waals surface area (Å²) in [6, 6.07) is 16.5. The molecule has 5 nitrogen and oxygen atoms in total. The maximum absolute atomic E-state index is 12.9. The highest BCUT2D eigenvalue weighted by molar-refractivity contribution is 7.89. The largest absolute Gasteiger partial charge is 0.379 e. The minimum atomic E-state index is -3.59. The van der Waals surface area contributed by atoms with Gasteiger partial charge in [-0.3, -0.25) is 4.90 Å². The predicted octanol–water partition coefficient (Wildman–Crippen LogP) is 2.60. The van der Waals surface area contributed by atoms with Gasteiger partial charge in [0.2, 0.25) is 10.0 Å². The molecule has 0 aromatic heterocycles. The van der Waals surface area contributed by atoms with Crippen LogP contribution in [0.2, 0.25) is 0 Å². The summed E-state index contributed by atoms with van der Waals surface area (Å²) < 4.78 is 34.1. The number of nitrogens with one attached hydrogen (secondary N) is 1. The maximum atomic E-state index is 12.9. The summed E-state index contributed by atoms with van der Waals surface area (Å²) >= 11 is 0. The van der Waals surface area contributed by atoms with Crippen molar-refractivity contribution in [3.05, 3.63) is 65.7 Å². The molecule has 2 aromatic carbocycles. The van der Waals surface area contributed by atoms with E-state index in [2.05, 4.69) is 16.5 Å². The molecule has 0 unspecified atom stereocenters. The van der Waals surface area contributed by atoms with Gasteiger partial charge in [-0.05, 0) is 29.7 Å². The summed E-state index contributed by atoms with van der Waals surface area (Å²) in [5, 5.41) is 0. The fraction of sp³-hybridized carbons (Fsp3) is 0.400. The van der Waals surface area contributed by atoms with Crippen molar-refractivity contribution in [1.82, 2.24) is 9.62 Å². The van der Waals surface area contributed by atoms with E-state index in [4.69, 9.17) is 4.74 Å². The summed E-state index contributed by atoms with van der Waals surface area (Å²) in [5.41, 5.74) is 2.09. The van der Waals surface area contributed by atoms with Crippen molar-refractivity contribution < 1.29 is 13.2 Å². The Labute approximate surface area is 156 Å². The van der Waals surface area contributed by atoms with Crippen LogP contribution in [0.5, 0.6) is 0 Å². The summed E-state index contributed by atoms with van der Waals surface area (Å²) in [6.45, 7) is 5.68. The fourth-order valence-corrected chi connectivity index (χ4v) is 4.31. The van der Waals surface area contributed by atoms with E-state index in [-0.39, 0.29) is 6.04 Å². The van der Waals surface area contributed by atoms with Crippen molar-refractivity contribution in [2.45, 2.75) is 24.3 Å². The minimum Gasteiger partial charge on any atom is -0.379 e. The van der Waals surface area contributed by atoms with Crippen LogP contribution in [-0.2, 0) is 21.2 Å². The fourth-order valence-electron chi connectivity index (χ4n) is 3.10. The van der Waals surface area contributed by atoms with Crippen LogP contribution in [-0.4, -0.2) is 46.2 Å². The third kappa shape index (κ3) is 4.92. The molecule has 26 heavy (non-hydrogen) atoms. The Balaban J connectivity index is 1.81. The lowest BCUT2D eigenvalue weighted by molar-refractivity contribution is 0.0345. The minimum absolute atomic E-state index is 0.301. The SMILES string of the molecule is CCc1ccc(S(=O)(=O)N[C@@H](CN2CCOCC2)c2ccccc2)cc1. The number of hydrogen-bond donors (Lipinski definition) is 1. The van der Waals surface area contributed by atoms with E-state index in [0.29, 0.717) is 24.7 Å². The van der Waals surface area contributed by atoms with Crippen molar-refractivity contribution in [3.8, 4) is 0 Å². The Morgan fingerprint density at radius 3 is 2.31 bits per heavy atom. The number of nitrogens with zero attached hydrogens (tertiary/aromatic N) is 1. The van der Waals surface area contributed by atoms with E-state index in [1.165, 1.54) is 0 Å². The number of ether oxygens (including phenoxy) is 1. The van der Waals surface area contributed by atoms with Gasteiger partial charge in [0.1, 0.15) is 0 Å². The molecular weight excluding hydrogens is 348 g/mol. The molecule has 1 fully saturated rings. The monoisotopic (exact) mass is 374 g/mol. The van der Waals surface area contributed by atoms with E-state index in [1.807, 2.05) is 42.5 Å². The Bertz CT molecular complexity index is 786. The second kappa shape index (κ2) is 8.77. The second-order valence-corrected chi connectivity index (χ2v) is 8.21. The predicted molar refractivity (Wildman–Crippen MR) is 103 cm³/mol. The Morgan fingerprint density at radius 2 is 1.69 bits per heavy atom. The molecular formula is C20H26N2O3S. The van der Waals surface area contributed by atoms with E-state index in [1.54, 1.807) is 12.1 Å². The van der Waals surface area contributed by atoms with Gasteiger partial charge in [0.05, 0.1) is 24.2 Å². The van der Waals surface area contributed by atoms with E-state index in [9.17, 15) is 8.42 Å². The number of morpholine rings is 1. The first-order valence-electron chi connectivity index (χ1n) is 9.05. The Kier molecular flexibility index (Phi) is 6.43. The van der Waals surface area contributed by atoms with Gasteiger partial charge >= 0.3 is 0 Å². The lowest BCUT2D eigenvalue weighted by atomic mass is 10.1. The van der Waals surface area contributed by atoms with Crippen LogP contribution in [0.1, 0.15) is 24.1 Å². The molecule has 1 saturated heterocycles. The molecule has 0 saturated carbocycles. The van der Waals surface area contributed by atoms with Crippen LogP contribution < -0.4 is 4.72 Å². The molecule has 140 valence electrons. The van der Waals surface area contributed by atoms with Gasteiger partial charge in [-0.1, -0.05) is 49.4 Å². The number of aryl methyl sites for hydroxylation is 1. The van der Waals surface area contributed by atoms with Gasteiger partial charge in [0.15, 0.2) is 0 Å². The van der Waals surface area contributed by atoms with Crippen molar-refractivity contribution in [2.24, 2.45) is 0 Å².